The van der Waals surface area contributed by atoms with Gasteiger partial charge >= 0.3 is 5.97 Å². The Labute approximate surface area is 155 Å². The molecule has 1 aromatic carbocycles. The number of carboxylic acids is 1. The van der Waals surface area contributed by atoms with Crippen molar-refractivity contribution >= 4 is 5.97 Å². The summed E-state index contributed by atoms with van der Waals surface area (Å²) >= 11 is 0. The summed E-state index contributed by atoms with van der Waals surface area (Å²) in [7, 11) is 0. The van der Waals surface area contributed by atoms with Crippen LogP contribution in [0.25, 0.3) is 11.3 Å². The van der Waals surface area contributed by atoms with Crippen molar-refractivity contribution in [3.05, 3.63) is 58.4 Å². The number of benzene rings is 1. The molecule has 4 nitrogen and oxygen atoms in total. The van der Waals surface area contributed by atoms with Crippen molar-refractivity contribution in [3.63, 3.8) is 0 Å². The number of nitrogens with zero attached hydrogens (tertiary/aromatic N) is 1. The lowest BCUT2D eigenvalue weighted by Gasteiger charge is -2.27. The van der Waals surface area contributed by atoms with Crippen molar-refractivity contribution in [2.75, 3.05) is 0 Å². The Bertz CT molecular complexity index is 815. The SMILES string of the molecule is CC(C)(C)c1cc(C2CCCCC2)ccc1-c1c(C(=O)O)ccc[n+]1[O-]. The van der Waals surface area contributed by atoms with Crippen LogP contribution in [-0.2, 0) is 5.41 Å². The van der Waals surface area contributed by atoms with Gasteiger partial charge in [-0.05, 0) is 47.4 Å². The van der Waals surface area contributed by atoms with E-state index in [0.717, 1.165) is 5.56 Å². The van der Waals surface area contributed by atoms with E-state index in [1.165, 1.54) is 56.0 Å². The highest BCUT2D eigenvalue weighted by Gasteiger charge is 2.28. The average Bonchev–Trinajstić information content (AvgIpc) is 2.61. The molecule has 138 valence electrons. The maximum atomic E-state index is 12.5. The summed E-state index contributed by atoms with van der Waals surface area (Å²) in [5.74, 6) is -0.519. The van der Waals surface area contributed by atoms with Gasteiger partial charge in [0.2, 0.25) is 5.69 Å². The minimum Gasteiger partial charge on any atom is -0.618 e. The normalized spacial score (nSPS) is 15.8. The van der Waals surface area contributed by atoms with Gasteiger partial charge in [0, 0.05) is 6.07 Å². The number of aromatic nitrogens is 1. The minimum atomic E-state index is -1.08. The molecule has 1 saturated carbocycles. The second-order valence-corrected chi connectivity index (χ2v) is 8.29. The van der Waals surface area contributed by atoms with Crippen molar-refractivity contribution in [2.45, 2.75) is 64.2 Å². The van der Waals surface area contributed by atoms with Crippen LogP contribution in [0.4, 0.5) is 0 Å². The van der Waals surface area contributed by atoms with Crippen LogP contribution in [0, 0.1) is 5.21 Å². The van der Waals surface area contributed by atoms with Gasteiger partial charge in [0.25, 0.3) is 0 Å². The van der Waals surface area contributed by atoms with Gasteiger partial charge in [-0.15, -0.1) is 0 Å². The van der Waals surface area contributed by atoms with Gasteiger partial charge < -0.3 is 10.3 Å². The lowest BCUT2D eigenvalue weighted by atomic mass is 9.77. The van der Waals surface area contributed by atoms with Gasteiger partial charge in [-0.1, -0.05) is 52.2 Å². The number of carbonyl (C=O) groups is 1. The molecule has 0 unspecified atom stereocenters. The summed E-state index contributed by atoms with van der Waals surface area (Å²) in [6.45, 7) is 6.32. The first kappa shape index (κ1) is 18.4. The second-order valence-electron chi connectivity index (χ2n) is 8.29. The van der Waals surface area contributed by atoms with Crippen LogP contribution in [0.15, 0.2) is 36.5 Å². The molecule has 1 aromatic heterocycles. The first-order valence-electron chi connectivity index (χ1n) is 9.39. The topological polar surface area (TPSA) is 64.2 Å². The zero-order valence-corrected chi connectivity index (χ0v) is 15.8. The van der Waals surface area contributed by atoms with E-state index >= 15 is 0 Å². The fourth-order valence-electron chi connectivity index (χ4n) is 4.00. The Hall–Kier alpha value is -2.36. The molecule has 0 spiro atoms. The van der Waals surface area contributed by atoms with Gasteiger partial charge in [0.1, 0.15) is 5.56 Å². The molecule has 0 radical (unpaired) electrons. The molecule has 2 aromatic rings. The third kappa shape index (κ3) is 3.59. The molecule has 3 rings (SSSR count). The Morgan fingerprint density at radius 1 is 1.15 bits per heavy atom. The van der Waals surface area contributed by atoms with Crippen molar-refractivity contribution < 1.29 is 14.6 Å². The van der Waals surface area contributed by atoms with Crippen LogP contribution in [0.1, 0.15) is 80.3 Å². The fraction of sp³-hybridized carbons (Fsp3) is 0.455. The second kappa shape index (κ2) is 7.10. The Morgan fingerprint density at radius 3 is 2.46 bits per heavy atom. The molecule has 1 fully saturated rings. The van der Waals surface area contributed by atoms with Crippen LogP contribution in [0.3, 0.4) is 0 Å². The minimum absolute atomic E-state index is 0.0402. The molecule has 0 saturated heterocycles. The largest absolute Gasteiger partial charge is 0.618 e. The number of carboxylic acid groups (broad SMARTS) is 1. The molecule has 1 aliphatic carbocycles. The van der Waals surface area contributed by atoms with E-state index in [-0.39, 0.29) is 16.7 Å². The van der Waals surface area contributed by atoms with E-state index in [0.29, 0.717) is 16.2 Å². The summed E-state index contributed by atoms with van der Waals surface area (Å²) < 4.78 is 0.675. The Kier molecular flexibility index (Phi) is 5.03. The third-order valence-corrected chi connectivity index (χ3v) is 5.37. The highest BCUT2D eigenvalue weighted by atomic mass is 16.5. The monoisotopic (exact) mass is 353 g/mol. The van der Waals surface area contributed by atoms with Gasteiger partial charge in [0.15, 0.2) is 6.20 Å². The maximum Gasteiger partial charge on any atom is 0.342 e. The lowest BCUT2D eigenvalue weighted by Crippen LogP contribution is -2.32. The highest BCUT2D eigenvalue weighted by molar-refractivity contribution is 5.94. The zero-order valence-electron chi connectivity index (χ0n) is 15.8. The molecular formula is C22H27NO3. The number of pyridine rings is 1. The van der Waals surface area contributed by atoms with Crippen LogP contribution < -0.4 is 4.73 Å². The first-order valence-corrected chi connectivity index (χ1v) is 9.39. The molecule has 1 N–H and O–H groups in total. The van der Waals surface area contributed by atoms with E-state index in [1.54, 1.807) is 0 Å². The maximum absolute atomic E-state index is 12.5. The van der Waals surface area contributed by atoms with Gasteiger partial charge in [-0.2, -0.15) is 4.73 Å². The third-order valence-electron chi connectivity index (χ3n) is 5.37. The predicted octanol–water partition coefficient (Wildman–Crippen LogP) is 5.03. The Balaban J connectivity index is 2.18. The molecule has 1 aliphatic rings. The van der Waals surface area contributed by atoms with E-state index in [9.17, 15) is 15.1 Å². The van der Waals surface area contributed by atoms with Crippen molar-refractivity contribution in [1.82, 2.24) is 0 Å². The predicted molar refractivity (Wildman–Crippen MR) is 102 cm³/mol. The molecule has 0 bridgehead atoms. The number of hydrogen-bond donors (Lipinski definition) is 1. The number of hydrogen-bond acceptors (Lipinski definition) is 2. The molecule has 1 heterocycles. The summed E-state index contributed by atoms with van der Waals surface area (Å²) in [5, 5.41) is 22.0. The molecular weight excluding hydrogens is 326 g/mol. The van der Waals surface area contributed by atoms with Crippen LogP contribution >= 0.6 is 0 Å². The smallest absolute Gasteiger partial charge is 0.342 e. The number of rotatable bonds is 3. The van der Waals surface area contributed by atoms with Crippen molar-refractivity contribution in [1.29, 1.82) is 0 Å². The standard InChI is InChI=1S/C22H27NO3/c1-22(2,3)19-14-16(15-8-5-4-6-9-15)11-12-17(19)20-18(21(24)25)10-7-13-23(20)26/h7,10-15H,4-6,8-9H2,1-3H3,(H,24,25). The summed E-state index contributed by atoms with van der Waals surface area (Å²) in [6.07, 6.45) is 7.61. The molecule has 0 amide bonds. The van der Waals surface area contributed by atoms with Gasteiger partial charge in [0.05, 0.1) is 5.56 Å². The Morgan fingerprint density at radius 2 is 1.85 bits per heavy atom. The van der Waals surface area contributed by atoms with E-state index in [4.69, 9.17) is 0 Å². The van der Waals surface area contributed by atoms with Crippen molar-refractivity contribution in [3.8, 4) is 11.3 Å². The highest BCUT2D eigenvalue weighted by Crippen LogP contribution is 2.38. The quantitative estimate of drug-likeness (QED) is 0.622. The van der Waals surface area contributed by atoms with E-state index < -0.39 is 5.97 Å². The molecule has 26 heavy (non-hydrogen) atoms. The molecule has 0 aliphatic heterocycles. The molecule has 0 atom stereocenters. The van der Waals surface area contributed by atoms with Gasteiger partial charge in [-0.3, -0.25) is 0 Å². The van der Waals surface area contributed by atoms with Crippen LogP contribution in [0.2, 0.25) is 0 Å². The van der Waals surface area contributed by atoms with E-state index in [1.807, 2.05) is 6.07 Å². The first-order chi connectivity index (χ1) is 12.3. The number of aromatic carboxylic acids is 1. The van der Waals surface area contributed by atoms with Crippen LogP contribution in [0.5, 0.6) is 0 Å². The zero-order chi connectivity index (χ0) is 18.9. The summed E-state index contributed by atoms with van der Waals surface area (Å²) in [5.41, 5.74) is 3.12. The lowest BCUT2D eigenvalue weighted by molar-refractivity contribution is -0.593. The summed E-state index contributed by atoms with van der Waals surface area (Å²) in [6, 6.07) is 9.20. The van der Waals surface area contributed by atoms with Crippen molar-refractivity contribution in [2.24, 2.45) is 0 Å². The van der Waals surface area contributed by atoms with E-state index in [2.05, 4.69) is 32.9 Å². The summed E-state index contributed by atoms with van der Waals surface area (Å²) in [4.78, 5) is 11.7. The average molecular weight is 353 g/mol. The van der Waals surface area contributed by atoms with Gasteiger partial charge in [-0.25, -0.2) is 4.79 Å². The molecule has 4 heteroatoms. The van der Waals surface area contributed by atoms with Crippen LogP contribution in [-0.4, -0.2) is 11.1 Å². The fourth-order valence-corrected chi connectivity index (χ4v) is 4.00.